The van der Waals surface area contributed by atoms with Crippen molar-refractivity contribution in [2.24, 2.45) is 0 Å². The van der Waals surface area contributed by atoms with E-state index in [2.05, 4.69) is 0 Å². The minimum atomic E-state index is -1.24. The van der Waals surface area contributed by atoms with Crippen LogP contribution in [0.1, 0.15) is 14.2 Å². The highest BCUT2D eigenvalue weighted by Crippen LogP contribution is 2.06. The summed E-state index contributed by atoms with van der Waals surface area (Å²) in [6.45, 7) is 0. The van der Waals surface area contributed by atoms with Gasteiger partial charge in [-0.3, -0.25) is 0 Å². The molecule has 0 saturated heterocycles. The molecular weight excluding hydrogens is 76.1 g/mol. The van der Waals surface area contributed by atoms with Gasteiger partial charge in [0, 0.05) is 0 Å². The van der Waals surface area contributed by atoms with E-state index in [9.17, 15) is 0 Å². The molecule has 0 bridgehead atoms. The van der Waals surface area contributed by atoms with E-state index in [1.165, 1.54) is 6.08 Å². The van der Waals surface area contributed by atoms with Gasteiger partial charge in [0.1, 0.15) is 0 Å². The van der Waals surface area contributed by atoms with Gasteiger partial charge in [-0.05, 0) is 12.8 Å². The highest BCUT2D eigenvalue weighted by molar-refractivity contribution is 4.95. The molecule has 1 N–H and O–H groups in total. The van der Waals surface area contributed by atoms with Crippen LogP contribution in [0, 0.1) is 0 Å². The van der Waals surface area contributed by atoms with Crippen LogP contribution in [0.15, 0.2) is 12.2 Å². The van der Waals surface area contributed by atoms with Crippen molar-refractivity contribution in [2.75, 3.05) is 0 Å². The zero-order valence-electron chi connectivity index (χ0n) is 4.52. The van der Waals surface area contributed by atoms with Crippen LogP contribution in [0.3, 0.4) is 0 Å². The largest absolute Gasteiger partial charge is 0.389 e. The lowest BCUT2D eigenvalue weighted by Crippen LogP contribution is -1.93. The lowest BCUT2D eigenvalue weighted by molar-refractivity contribution is 0.223. The smallest absolute Gasteiger partial charge is 0.0723 e. The summed E-state index contributed by atoms with van der Waals surface area (Å²) >= 11 is 0. The number of hydrogen-bond donors (Lipinski definition) is 1. The Kier molecular flexibility index (Phi) is 0.670. The zero-order valence-corrected chi connectivity index (χ0v) is 3.52. The molecule has 0 aliphatic heterocycles. The fourth-order valence-corrected chi connectivity index (χ4v) is 0.534. The monoisotopic (exact) mass is 85.1 g/mol. The van der Waals surface area contributed by atoms with Gasteiger partial charge in [0.25, 0.3) is 0 Å². The van der Waals surface area contributed by atoms with Crippen molar-refractivity contribution in [1.29, 1.82) is 0 Å². The molecule has 1 heteroatoms. The summed E-state index contributed by atoms with van der Waals surface area (Å²) in [6, 6.07) is 0. The second-order valence-corrected chi connectivity index (χ2v) is 1.43. The standard InChI is InChI=1S/C5H8O/c6-5-3-1-2-4-5/h1,3,5-6H,2,4H2/i5D. The number of rotatable bonds is 0. The molecule has 0 aromatic carbocycles. The fraction of sp³-hybridized carbons (Fsp3) is 0.600. The predicted octanol–water partition coefficient (Wildman–Crippen LogP) is 0.697. The van der Waals surface area contributed by atoms with Crippen molar-refractivity contribution < 1.29 is 6.48 Å². The Labute approximate surface area is 38.7 Å². The average Bonchev–Trinajstić information content (AvgIpc) is 1.84. The summed E-state index contributed by atoms with van der Waals surface area (Å²) in [5.74, 6) is 0. The number of allylic oxidation sites excluding steroid dienone is 1. The molecule has 0 heterocycles. The molecule has 0 spiro atoms. The third-order valence-corrected chi connectivity index (χ3v) is 0.877. The summed E-state index contributed by atoms with van der Waals surface area (Å²) in [4.78, 5) is 0. The predicted molar refractivity (Wildman–Crippen MR) is 24.4 cm³/mol. The molecule has 0 radical (unpaired) electrons. The van der Waals surface area contributed by atoms with Gasteiger partial charge in [0.05, 0.1) is 7.45 Å². The summed E-state index contributed by atoms with van der Waals surface area (Å²) < 4.78 is 6.95. The third kappa shape index (κ3) is 0.601. The first-order valence-electron chi connectivity index (χ1n) is 2.61. The van der Waals surface area contributed by atoms with E-state index in [-0.39, 0.29) is 0 Å². The van der Waals surface area contributed by atoms with Crippen molar-refractivity contribution >= 4 is 0 Å². The van der Waals surface area contributed by atoms with E-state index in [1.54, 1.807) is 0 Å². The Balaban J connectivity index is 2.57. The Morgan fingerprint density at radius 2 is 2.83 bits per heavy atom. The molecular formula is C5H8O. The number of aliphatic hydroxyl groups is 1. The van der Waals surface area contributed by atoms with Crippen molar-refractivity contribution in [3.05, 3.63) is 12.2 Å². The van der Waals surface area contributed by atoms with Crippen LogP contribution in [-0.4, -0.2) is 11.2 Å². The van der Waals surface area contributed by atoms with E-state index >= 15 is 0 Å². The second kappa shape index (κ2) is 1.43. The maximum Gasteiger partial charge on any atom is 0.0723 e. The molecule has 6 heavy (non-hydrogen) atoms. The van der Waals surface area contributed by atoms with Gasteiger partial charge >= 0.3 is 0 Å². The highest BCUT2D eigenvalue weighted by atomic mass is 16.3. The average molecular weight is 85.1 g/mol. The SMILES string of the molecule is [2H]C1(O)C=CCC1. The van der Waals surface area contributed by atoms with Gasteiger partial charge in [-0.1, -0.05) is 12.2 Å². The molecule has 0 aromatic rings. The quantitative estimate of drug-likeness (QED) is 0.429. The Hall–Kier alpha value is -0.300. The van der Waals surface area contributed by atoms with Gasteiger partial charge in [-0.15, -0.1) is 0 Å². The Bertz CT molecular complexity index is 96.3. The van der Waals surface area contributed by atoms with Crippen molar-refractivity contribution in [1.82, 2.24) is 0 Å². The molecule has 1 aliphatic carbocycles. The summed E-state index contributed by atoms with van der Waals surface area (Å²) in [5.41, 5.74) is 0. The maximum absolute atomic E-state index is 8.77. The van der Waals surface area contributed by atoms with E-state index in [0.29, 0.717) is 6.42 Å². The van der Waals surface area contributed by atoms with Gasteiger partial charge in [-0.25, -0.2) is 0 Å². The van der Waals surface area contributed by atoms with Crippen LogP contribution in [-0.2, 0) is 0 Å². The minimum Gasteiger partial charge on any atom is -0.389 e. The first-order valence-corrected chi connectivity index (χ1v) is 2.11. The van der Waals surface area contributed by atoms with Gasteiger partial charge in [0.15, 0.2) is 0 Å². The van der Waals surface area contributed by atoms with Crippen LogP contribution in [0.25, 0.3) is 0 Å². The molecule has 1 aliphatic rings. The second-order valence-electron chi connectivity index (χ2n) is 1.43. The fourth-order valence-electron chi connectivity index (χ4n) is 0.534. The van der Waals surface area contributed by atoms with E-state index in [1.807, 2.05) is 6.08 Å². The Morgan fingerprint density at radius 3 is 3.00 bits per heavy atom. The lowest BCUT2D eigenvalue weighted by Gasteiger charge is -1.89. The van der Waals surface area contributed by atoms with Crippen LogP contribution < -0.4 is 0 Å². The third-order valence-electron chi connectivity index (χ3n) is 0.877. The normalized spacial score (nSPS) is 46.5. The summed E-state index contributed by atoms with van der Waals surface area (Å²) in [5, 5.41) is 8.77. The molecule has 0 fully saturated rings. The van der Waals surface area contributed by atoms with Gasteiger partial charge < -0.3 is 5.11 Å². The van der Waals surface area contributed by atoms with E-state index in [0.717, 1.165) is 6.42 Å². The molecule has 0 amide bonds. The first kappa shape index (κ1) is 2.80. The lowest BCUT2D eigenvalue weighted by atomic mass is 10.3. The van der Waals surface area contributed by atoms with Gasteiger partial charge in [0.2, 0.25) is 0 Å². The minimum absolute atomic E-state index is 0.562. The van der Waals surface area contributed by atoms with Crippen molar-refractivity contribution in [3.63, 3.8) is 0 Å². The molecule has 1 unspecified atom stereocenters. The number of hydrogen-bond acceptors (Lipinski definition) is 1. The van der Waals surface area contributed by atoms with Crippen LogP contribution >= 0.6 is 0 Å². The maximum atomic E-state index is 8.77. The molecule has 34 valence electrons. The molecule has 0 aromatic heterocycles. The van der Waals surface area contributed by atoms with Crippen molar-refractivity contribution in [3.8, 4) is 0 Å². The molecule has 1 nitrogen and oxygen atoms in total. The molecule has 1 rings (SSSR count). The molecule has 0 saturated carbocycles. The van der Waals surface area contributed by atoms with E-state index < -0.39 is 6.08 Å². The highest BCUT2D eigenvalue weighted by Gasteiger charge is 2.00. The molecule has 1 atom stereocenters. The van der Waals surface area contributed by atoms with Gasteiger partial charge in [-0.2, -0.15) is 0 Å². The van der Waals surface area contributed by atoms with Crippen LogP contribution in [0.5, 0.6) is 0 Å². The van der Waals surface area contributed by atoms with Crippen molar-refractivity contribution in [2.45, 2.75) is 18.9 Å². The Morgan fingerprint density at radius 1 is 2.00 bits per heavy atom. The van der Waals surface area contributed by atoms with E-state index in [4.69, 9.17) is 6.48 Å². The topological polar surface area (TPSA) is 20.2 Å². The summed E-state index contributed by atoms with van der Waals surface area (Å²) in [6.07, 6.45) is 3.52. The van der Waals surface area contributed by atoms with Crippen LogP contribution in [0.4, 0.5) is 0 Å². The summed E-state index contributed by atoms with van der Waals surface area (Å²) in [7, 11) is 0. The zero-order chi connectivity index (χ0) is 5.33. The first-order chi connectivity index (χ1) is 3.21. The van der Waals surface area contributed by atoms with Crippen LogP contribution in [0.2, 0.25) is 0 Å².